The zero-order valence-corrected chi connectivity index (χ0v) is 12.7. The Bertz CT molecular complexity index is 309. The third-order valence-corrected chi connectivity index (χ3v) is 4.05. The molecule has 0 aromatic carbocycles. The lowest BCUT2D eigenvalue weighted by molar-refractivity contribution is 0.423. The fraction of sp³-hybridized carbons (Fsp3) is 0.714. The maximum absolute atomic E-state index is 5.97. The minimum atomic E-state index is 0.730. The van der Waals surface area contributed by atoms with Crippen molar-refractivity contribution in [2.24, 2.45) is 11.8 Å². The first-order valence-corrected chi connectivity index (χ1v) is 7.76. The molecule has 1 heterocycles. The van der Waals surface area contributed by atoms with Gasteiger partial charge in [-0.05, 0) is 49.9 Å². The molecule has 17 heavy (non-hydrogen) atoms. The molecule has 0 aliphatic carbocycles. The zero-order chi connectivity index (χ0) is 12.7. The average molecular weight is 274 g/mol. The molecule has 1 N–H and O–H groups in total. The topological polar surface area (TPSA) is 12.0 Å². The van der Waals surface area contributed by atoms with Crippen molar-refractivity contribution in [3.8, 4) is 0 Å². The summed E-state index contributed by atoms with van der Waals surface area (Å²) >= 11 is 7.69. The number of nitrogens with one attached hydrogen (secondary N) is 1. The molecule has 0 saturated heterocycles. The molecule has 0 bridgehead atoms. The normalized spacial score (nSPS) is 13.2. The summed E-state index contributed by atoms with van der Waals surface area (Å²) < 4.78 is 0.908. The summed E-state index contributed by atoms with van der Waals surface area (Å²) in [6.07, 6.45) is 3.71. The van der Waals surface area contributed by atoms with Crippen molar-refractivity contribution in [2.75, 3.05) is 13.1 Å². The van der Waals surface area contributed by atoms with Gasteiger partial charge in [0, 0.05) is 4.88 Å². The maximum Gasteiger partial charge on any atom is 0.0931 e. The van der Waals surface area contributed by atoms with Crippen LogP contribution in [0.3, 0.4) is 0 Å². The van der Waals surface area contributed by atoms with Gasteiger partial charge in [0.2, 0.25) is 0 Å². The summed E-state index contributed by atoms with van der Waals surface area (Å²) in [5, 5.41) is 3.57. The molecule has 1 unspecified atom stereocenters. The van der Waals surface area contributed by atoms with Crippen LogP contribution in [-0.4, -0.2) is 13.1 Å². The lowest BCUT2D eigenvalue weighted by Crippen LogP contribution is -2.27. The van der Waals surface area contributed by atoms with E-state index in [2.05, 4.69) is 32.2 Å². The van der Waals surface area contributed by atoms with Gasteiger partial charge in [0.05, 0.1) is 4.34 Å². The van der Waals surface area contributed by atoms with Gasteiger partial charge in [-0.15, -0.1) is 11.3 Å². The second-order valence-electron chi connectivity index (χ2n) is 5.12. The van der Waals surface area contributed by atoms with Crippen molar-refractivity contribution < 1.29 is 0 Å². The predicted molar refractivity (Wildman–Crippen MR) is 79.1 cm³/mol. The van der Waals surface area contributed by atoms with Crippen molar-refractivity contribution in [3.05, 3.63) is 21.3 Å². The van der Waals surface area contributed by atoms with Crippen LogP contribution in [0.15, 0.2) is 12.1 Å². The van der Waals surface area contributed by atoms with Crippen molar-refractivity contribution in [1.82, 2.24) is 5.32 Å². The molecule has 1 aromatic rings. The first-order chi connectivity index (χ1) is 8.11. The van der Waals surface area contributed by atoms with Crippen LogP contribution in [0, 0.1) is 11.8 Å². The Hall–Kier alpha value is -0.0500. The fourth-order valence-electron chi connectivity index (χ4n) is 2.01. The molecule has 0 aliphatic heterocycles. The standard InChI is InChI=1S/C14H24ClNS/c1-4-5-12(10-16-9-11(2)3)8-13-6-7-14(15)17-13/h6-7,11-12,16H,4-5,8-10H2,1-3H3. The summed E-state index contributed by atoms with van der Waals surface area (Å²) in [7, 11) is 0. The van der Waals surface area contributed by atoms with E-state index in [1.165, 1.54) is 17.7 Å². The van der Waals surface area contributed by atoms with Crippen LogP contribution in [0.1, 0.15) is 38.5 Å². The van der Waals surface area contributed by atoms with Crippen LogP contribution in [0.25, 0.3) is 0 Å². The van der Waals surface area contributed by atoms with E-state index < -0.39 is 0 Å². The monoisotopic (exact) mass is 273 g/mol. The summed E-state index contributed by atoms with van der Waals surface area (Å²) in [5.74, 6) is 1.47. The molecule has 1 nitrogen and oxygen atoms in total. The van der Waals surface area contributed by atoms with E-state index in [-0.39, 0.29) is 0 Å². The lowest BCUT2D eigenvalue weighted by Gasteiger charge is -2.17. The quantitative estimate of drug-likeness (QED) is 0.730. The number of halogens is 1. The Morgan fingerprint density at radius 1 is 1.29 bits per heavy atom. The highest BCUT2D eigenvalue weighted by atomic mass is 35.5. The Labute approximate surface area is 115 Å². The van der Waals surface area contributed by atoms with Gasteiger partial charge < -0.3 is 5.32 Å². The number of rotatable bonds is 8. The predicted octanol–water partition coefficient (Wildman–Crippen LogP) is 4.61. The first-order valence-electron chi connectivity index (χ1n) is 6.56. The van der Waals surface area contributed by atoms with E-state index in [4.69, 9.17) is 11.6 Å². The molecular weight excluding hydrogens is 250 g/mol. The van der Waals surface area contributed by atoms with Crippen LogP contribution in [0.5, 0.6) is 0 Å². The third-order valence-electron chi connectivity index (χ3n) is 2.80. The molecular formula is C14H24ClNS. The van der Waals surface area contributed by atoms with Gasteiger partial charge in [-0.3, -0.25) is 0 Å². The first kappa shape index (κ1) is 15.0. The fourth-order valence-corrected chi connectivity index (χ4v) is 3.21. The van der Waals surface area contributed by atoms with Crippen LogP contribution in [-0.2, 0) is 6.42 Å². The van der Waals surface area contributed by atoms with Crippen LogP contribution in [0.2, 0.25) is 4.34 Å². The van der Waals surface area contributed by atoms with E-state index >= 15 is 0 Å². The summed E-state index contributed by atoms with van der Waals surface area (Å²) in [4.78, 5) is 1.42. The summed E-state index contributed by atoms with van der Waals surface area (Å²) in [6.45, 7) is 9.01. The highest BCUT2D eigenvalue weighted by Gasteiger charge is 2.10. The third kappa shape index (κ3) is 6.44. The minimum absolute atomic E-state index is 0.730. The van der Waals surface area contributed by atoms with Crippen molar-refractivity contribution in [2.45, 2.75) is 40.0 Å². The molecule has 0 fully saturated rings. The Morgan fingerprint density at radius 3 is 2.59 bits per heavy atom. The lowest BCUT2D eigenvalue weighted by atomic mass is 9.98. The van der Waals surface area contributed by atoms with Gasteiger partial charge in [0.1, 0.15) is 0 Å². The molecule has 0 amide bonds. The van der Waals surface area contributed by atoms with Crippen LogP contribution in [0.4, 0.5) is 0 Å². The second-order valence-corrected chi connectivity index (χ2v) is 6.92. The van der Waals surface area contributed by atoms with Gasteiger partial charge in [-0.2, -0.15) is 0 Å². The summed E-state index contributed by atoms with van der Waals surface area (Å²) in [6, 6.07) is 4.17. The maximum atomic E-state index is 5.97. The van der Waals surface area contributed by atoms with Crippen LogP contribution < -0.4 is 5.32 Å². The molecule has 0 radical (unpaired) electrons. The van der Waals surface area contributed by atoms with Gasteiger partial charge in [0.25, 0.3) is 0 Å². The molecule has 3 heteroatoms. The second kappa shape index (κ2) is 8.12. The smallest absolute Gasteiger partial charge is 0.0931 e. The highest BCUT2D eigenvalue weighted by molar-refractivity contribution is 7.16. The van der Waals surface area contributed by atoms with Crippen molar-refractivity contribution in [1.29, 1.82) is 0 Å². The Kier molecular flexibility index (Phi) is 7.17. The molecule has 98 valence electrons. The van der Waals surface area contributed by atoms with E-state index in [1.54, 1.807) is 11.3 Å². The zero-order valence-electron chi connectivity index (χ0n) is 11.1. The van der Waals surface area contributed by atoms with Gasteiger partial charge in [-0.1, -0.05) is 38.8 Å². The largest absolute Gasteiger partial charge is 0.316 e. The van der Waals surface area contributed by atoms with E-state index in [9.17, 15) is 0 Å². The number of hydrogen-bond donors (Lipinski definition) is 1. The number of hydrogen-bond acceptors (Lipinski definition) is 2. The highest BCUT2D eigenvalue weighted by Crippen LogP contribution is 2.25. The van der Waals surface area contributed by atoms with Gasteiger partial charge >= 0.3 is 0 Å². The SMILES string of the molecule is CCCC(CNCC(C)C)Cc1ccc(Cl)s1. The molecule has 0 aliphatic rings. The molecule has 0 spiro atoms. The summed E-state index contributed by atoms with van der Waals surface area (Å²) in [5.41, 5.74) is 0. The van der Waals surface area contributed by atoms with E-state index in [1.807, 2.05) is 6.07 Å². The molecule has 1 rings (SSSR count). The van der Waals surface area contributed by atoms with E-state index in [0.29, 0.717) is 0 Å². The molecule has 0 saturated carbocycles. The van der Waals surface area contributed by atoms with Crippen LogP contribution >= 0.6 is 22.9 Å². The van der Waals surface area contributed by atoms with E-state index in [0.717, 1.165) is 35.7 Å². The minimum Gasteiger partial charge on any atom is -0.316 e. The molecule has 1 aromatic heterocycles. The molecule has 1 atom stereocenters. The Morgan fingerprint density at radius 2 is 2.06 bits per heavy atom. The number of thiophene rings is 1. The Balaban J connectivity index is 2.37. The van der Waals surface area contributed by atoms with Gasteiger partial charge in [-0.25, -0.2) is 0 Å². The van der Waals surface area contributed by atoms with Crippen molar-refractivity contribution in [3.63, 3.8) is 0 Å². The average Bonchev–Trinajstić information content (AvgIpc) is 2.63. The van der Waals surface area contributed by atoms with Crippen molar-refractivity contribution >= 4 is 22.9 Å². The van der Waals surface area contributed by atoms with Gasteiger partial charge in [0.15, 0.2) is 0 Å².